The van der Waals surface area contributed by atoms with Gasteiger partial charge in [0, 0.05) is 4.88 Å². The Morgan fingerprint density at radius 1 is 0.909 bits per heavy atom. The summed E-state index contributed by atoms with van der Waals surface area (Å²) >= 11 is 1.99. The Labute approximate surface area is 138 Å². The van der Waals surface area contributed by atoms with Crippen LogP contribution in [0.3, 0.4) is 0 Å². The molecule has 0 spiro atoms. The van der Waals surface area contributed by atoms with Crippen molar-refractivity contribution in [1.82, 2.24) is 0 Å². The van der Waals surface area contributed by atoms with Gasteiger partial charge in [0.1, 0.15) is 0 Å². The smallest absolute Gasteiger partial charge is 0.00825 e. The average Bonchev–Trinajstić information content (AvgIpc) is 3.06. The molecule has 1 heterocycles. The van der Waals surface area contributed by atoms with Gasteiger partial charge in [-0.3, -0.25) is 0 Å². The summed E-state index contributed by atoms with van der Waals surface area (Å²) in [6.45, 7) is 2.39. The lowest BCUT2D eigenvalue weighted by Gasteiger charge is -2.23. The van der Waals surface area contributed by atoms with Crippen molar-refractivity contribution < 1.29 is 0 Å². The SMILES string of the molecule is C[C@@H]1CCCc2ccc(-c3csc(C4CCCCC4)c3)cc21. The van der Waals surface area contributed by atoms with Gasteiger partial charge in [-0.1, -0.05) is 44.4 Å². The summed E-state index contributed by atoms with van der Waals surface area (Å²) in [4.78, 5) is 1.63. The van der Waals surface area contributed by atoms with Gasteiger partial charge in [0.2, 0.25) is 0 Å². The van der Waals surface area contributed by atoms with Gasteiger partial charge in [-0.15, -0.1) is 11.3 Å². The fraction of sp³-hybridized carbons (Fsp3) is 0.524. The van der Waals surface area contributed by atoms with Crippen LogP contribution >= 0.6 is 11.3 Å². The summed E-state index contributed by atoms with van der Waals surface area (Å²) in [7, 11) is 0. The van der Waals surface area contributed by atoms with Crippen molar-refractivity contribution in [2.45, 2.75) is 70.1 Å². The molecule has 1 saturated carbocycles. The number of rotatable bonds is 2. The van der Waals surface area contributed by atoms with E-state index in [4.69, 9.17) is 0 Å². The van der Waals surface area contributed by atoms with Crippen LogP contribution in [0.2, 0.25) is 0 Å². The quantitative estimate of drug-likeness (QED) is 0.565. The van der Waals surface area contributed by atoms with Crippen LogP contribution in [0.25, 0.3) is 11.1 Å². The summed E-state index contributed by atoms with van der Waals surface area (Å²) in [5, 5.41) is 2.39. The Hall–Kier alpha value is -1.08. The van der Waals surface area contributed by atoms with E-state index in [1.54, 1.807) is 16.0 Å². The number of benzene rings is 1. The normalized spacial score (nSPS) is 22.5. The molecule has 116 valence electrons. The van der Waals surface area contributed by atoms with E-state index in [2.05, 4.69) is 36.6 Å². The fourth-order valence-electron chi connectivity index (χ4n) is 4.32. The standard InChI is InChI=1S/C21H26S/c1-15-6-5-9-16-10-11-18(12-20(15)16)19-13-21(22-14-19)17-7-3-2-4-8-17/h10-15,17H,2-9H2,1H3/t15-/m1/s1. The van der Waals surface area contributed by atoms with E-state index in [-0.39, 0.29) is 0 Å². The van der Waals surface area contributed by atoms with Crippen LogP contribution in [0.15, 0.2) is 29.6 Å². The largest absolute Gasteiger partial charge is 0.148 e. The maximum Gasteiger partial charge on any atom is 0.00825 e. The highest BCUT2D eigenvalue weighted by molar-refractivity contribution is 7.10. The van der Waals surface area contributed by atoms with E-state index < -0.39 is 0 Å². The Morgan fingerprint density at radius 3 is 2.64 bits per heavy atom. The van der Waals surface area contributed by atoms with Crippen LogP contribution in [0.1, 0.15) is 79.7 Å². The molecule has 4 rings (SSSR count). The summed E-state index contributed by atoms with van der Waals surface area (Å²) < 4.78 is 0. The molecule has 0 amide bonds. The Morgan fingerprint density at radius 2 is 1.77 bits per heavy atom. The lowest BCUT2D eigenvalue weighted by atomic mass is 9.82. The Balaban J connectivity index is 1.62. The molecule has 2 aliphatic rings. The summed E-state index contributed by atoms with van der Waals surface area (Å²) in [5.74, 6) is 1.57. The van der Waals surface area contributed by atoms with E-state index in [1.807, 2.05) is 11.3 Å². The molecule has 0 unspecified atom stereocenters. The predicted octanol–water partition coefficient (Wildman–Crippen LogP) is 6.90. The number of thiophene rings is 1. The number of hydrogen-bond donors (Lipinski definition) is 0. The molecule has 0 saturated heterocycles. The van der Waals surface area contributed by atoms with Crippen molar-refractivity contribution in [1.29, 1.82) is 0 Å². The van der Waals surface area contributed by atoms with Gasteiger partial charge in [-0.05, 0) is 77.6 Å². The first-order valence-corrected chi connectivity index (χ1v) is 9.91. The monoisotopic (exact) mass is 310 g/mol. The van der Waals surface area contributed by atoms with Crippen LogP contribution < -0.4 is 0 Å². The van der Waals surface area contributed by atoms with Crippen LogP contribution in [0, 0.1) is 0 Å². The maximum atomic E-state index is 2.48. The number of hydrogen-bond acceptors (Lipinski definition) is 1. The molecule has 0 radical (unpaired) electrons. The maximum absolute atomic E-state index is 2.48. The van der Waals surface area contributed by atoms with Crippen molar-refractivity contribution >= 4 is 11.3 Å². The third-order valence-electron chi connectivity index (χ3n) is 5.72. The van der Waals surface area contributed by atoms with E-state index >= 15 is 0 Å². The van der Waals surface area contributed by atoms with Crippen LogP contribution in [0.5, 0.6) is 0 Å². The first-order valence-electron chi connectivity index (χ1n) is 9.03. The average molecular weight is 311 g/mol. The van der Waals surface area contributed by atoms with Gasteiger partial charge >= 0.3 is 0 Å². The van der Waals surface area contributed by atoms with Crippen LogP contribution in [-0.2, 0) is 6.42 Å². The van der Waals surface area contributed by atoms with E-state index in [0.29, 0.717) is 0 Å². The van der Waals surface area contributed by atoms with Gasteiger partial charge in [-0.2, -0.15) is 0 Å². The predicted molar refractivity (Wildman–Crippen MR) is 96.9 cm³/mol. The third kappa shape index (κ3) is 2.76. The van der Waals surface area contributed by atoms with E-state index in [1.165, 1.54) is 62.5 Å². The lowest BCUT2D eigenvalue weighted by molar-refractivity contribution is 0.448. The number of aryl methyl sites for hydroxylation is 1. The second-order valence-corrected chi connectivity index (χ2v) is 8.22. The van der Waals surface area contributed by atoms with Gasteiger partial charge in [0.15, 0.2) is 0 Å². The van der Waals surface area contributed by atoms with Crippen LogP contribution in [0.4, 0.5) is 0 Å². The zero-order chi connectivity index (χ0) is 14.9. The fourth-order valence-corrected chi connectivity index (χ4v) is 5.41. The Bertz CT molecular complexity index is 646. The molecule has 2 aromatic rings. The second-order valence-electron chi connectivity index (χ2n) is 7.28. The molecule has 0 N–H and O–H groups in total. The first kappa shape index (κ1) is 14.5. The van der Waals surface area contributed by atoms with Gasteiger partial charge in [0.25, 0.3) is 0 Å². The molecular weight excluding hydrogens is 284 g/mol. The summed E-state index contributed by atoms with van der Waals surface area (Å²) in [6, 6.07) is 9.70. The van der Waals surface area contributed by atoms with Gasteiger partial charge in [-0.25, -0.2) is 0 Å². The van der Waals surface area contributed by atoms with Crippen molar-refractivity contribution in [2.75, 3.05) is 0 Å². The minimum atomic E-state index is 0.736. The van der Waals surface area contributed by atoms with E-state index in [9.17, 15) is 0 Å². The van der Waals surface area contributed by atoms with Crippen molar-refractivity contribution in [3.05, 3.63) is 45.6 Å². The third-order valence-corrected chi connectivity index (χ3v) is 6.82. The molecule has 22 heavy (non-hydrogen) atoms. The van der Waals surface area contributed by atoms with Gasteiger partial charge in [0.05, 0.1) is 0 Å². The van der Waals surface area contributed by atoms with Crippen molar-refractivity contribution in [2.24, 2.45) is 0 Å². The van der Waals surface area contributed by atoms with Crippen molar-refractivity contribution in [3.63, 3.8) is 0 Å². The summed E-state index contributed by atoms with van der Waals surface area (Å²) in [5.41, 5.74) is 6.08. The highest BCUT2D eigenvalue weighted by Gasteiger charge is 2.19. The molecule has 0 bridgehead atoms. The molecule has 1 aromatic heterocycles. The minimum Gasteiger partial charge on any atom is -0.148 e. The molecule has 1 atom stereocenters. The first-order chi connectivity index (χ1) is 10.8. The highest BCUT2D eigenvalue weighted by Crippen LogP contribution is 2.39. The molecule has 0 nitrogen and oxygen atoms in total. The summed E-state index contributed by atoms with van der Waals surface area (Å²) in [6.07, 6.45) is 11.1. The molecule has 1 fully saturated rings. The lowest BCUT2D eigenvalue weighted by Crippen LogP contribution is -2.06. The van der Waals surface area contributed by atoms with Crippen molar-refractivity contribution in [3.8, 4) is 11.1 Å². The topological polar surface area (TPSA) is 0 Å². The molecular formula is C21H26S. The molecule has 2 aliphatic carbocycles. The molecule has 1 aromatic carbocycles. The minimum absolute atomic E-state index is 0.736. The Kier molecular flexibility index (Phi) is 4.09. The zero-order valence-corrected chi connectivity index (χ0v) is 14.4. The second kappa shape index (κ2) is 6.20. The van der Waals surface area contributed by atoms with E-state index in [0.717, 1.165) is 11.8 Å². The molecule has 1 heteroatoms. The van der Waals surface area contributed by atoms with Crippen LogP contribution in [-0.4, -0.2) is 0 Å². The molecule has 0 aliphatic heterocycles. The number of fused-ring (bicyclic) bond motifs is 1. The highest BCUT2D eigenvalue weighted by atomic mass is 32.1. The van der Waals surface area contributed by atoms with Gasteiger partial charge < -0.3 is 0 Å². The zero-order valence-electron chi connectivity index (χ0n) is 13.6.